The summed E-state index contributed by atoms with van der Waals surface area (Å²) >= 11 is 1.03. The number of aliphatic imine (C=N–C) groups is 1. The van der Waals surface area contributed by atoms with Gasteiger partial charge in [0, 0.05) is 0 Å². The van der Waals surface area contributed by atoms with Gasteiger partial charge in [-0.05, 0) is 18.2 Å². The molecule has 0 radical (unpaired) electrons. The van der Waals surface area contributed by atoms with Crippen LogP contribution in [-0.4, -0.2) is 29.7 Å². The second kappa shape index (κ2) is 5.88. The summed E-state index contributed by atoms with van der Waals surface area (Å²) in [5, 5.41) is 0.158. The van der Waals surface area contributed by atoms with E-state index in [1.807, 2.05) is 0 Å². The summed E-state index contributed by atoms with van der Waals surface area (Å²) in [5.74, 6) is -2.21. The van der Waals surface area contributed by atoms with Crippen molar-refractivity contribution in [2.75, 3.05) is 12.9 Å². The van der Waals surface area contributed by atoms with E-state index in [9.17, 15) is 22.8 Å². The van der Waals surface area contributed by atoms with Crippen LogP contribution in [0.15, 0.2) is 29.3 Å². The molecule has 0 saturated carbocycles. The fourth-order valence-corrected chi connectivity index (χ4v) is 2.80. The number of ether oxygens (including phenoxy) is 1. The van der Waals surface area contributed by atoms with Gasteiger partial charge in [-0.15, -0.1) is 11.8 Å². The summed E-state index contributed by atoms with van der Waals surface area (Å²) in [6, 6.07) is 4.38. The van der Waals surface area contributed by atoms with Crippen molar-refractivity contribution in [3.8, 4) is 0 Å². The van der Waals surface area contributed by atoms with Crippen LogP contribution in [0.3, 0.4) is 0 Å². The van der Waals surface area contributed by atoms with Crippen LogP contribution in [0.4, 0.5) is 18.9 Å². The van der Waals surface area contributed by atoms with E-state index >= 15 is 0 Å². The van der Waals surface area contributed by atoms with E-state index in [2.05, 4.69) is 9.73 Å². The minimum absolute atomic E-state index is 0.0379. The molecule has 1 aliphatic heterocycles. The molecule has 1 aromatic rings. The van der Waals surface area contributed by atoms with Gasteiger partial charge in [0.25, 0.3) is 0 Å². The van der Waals surface area contributed by atoms with Crippen LogP contribution in [0, 0.1) is 5.92 Å². The number of halogens is 3. The normalized spacial score (nSPS) is 20.9. The lowest BCUT2D eigenvalue weighted by Crippen LogP contribution is -2.26. The molecule has 2 rings (SSSR count). The van der Waals surface area contributed by atoms with Crippen molar-refractivity contribution in [3.05, 3.63) is 29.8 Å². The summed E-state index contributed by atoms with van der Waals surface area (Å²) < 4.78 is 42.4. The summed E-state index contributed by atoms with van der Waals surface area (Å²) in [6.07, 6.45) is -4.48. The highest BCUT2D eigenvalue weighted by Crippen LogP contribution is 2.33. The molecule has 0 bridgehead atoms. The van der Waals surface area contributed by atoms with Gasteiger partial charge in [0.15, 0.2) is 11.7 Å². The van der Waals surface area contributed by atoms with Crippen molar-refractivity contribution in [3.63, 3.8) is 0 Å². The number of alkyl halides is 3. The SMILES string of the molecule is COC(=O)C1C(=O)CSC1=Nc1cccc(C(F)(F)F)c1. The molecule has 8 heteroatoms. The molecule has 1 fully saturated rings. The highest BCUT2D eigenvalue weighted by Gasteiger charge is 2.39. The van der Waals surface area contributed by atoms with E-state index in [1.54, 1.807) is 0 Å². The zero-order chi connectivity index (χ0) is 15.6. The van der Waals surface area contributed by atoms with Crippen LogP contribution in [0.1, 0.15) is 5.56 Å². The van der Waals surface area contributed by atoms with E-state index in [-0.39, 0.29) is 22.3 Å². The van der Waals surface area contributed by atoms with Crippen LogP contribution in [-0.2, 0) is 20.5 Å². The molecule has 1 atom stereocenters. The van der Waals surface area contributed by atoms with E-state index in [0.29, 0.717) is 0 Å². The van der Waals surface area contributed by atoms with Crippen molar-refractivity contribution >= 4 is 34.2 Å². The van der Waals surface area contributed by atoms with Gasteiger partial charge < -0.3 is 4.74 Å². The fraction of sp³-hybridized carbons (Fsp3) is 0.308. The van der Waals surface area contributed by atoms with Gasteiger partial charge >= 0.3 is 12.1 Å². The average molecular weight is 317 g/mol. The van der Waals surface area contributed by atoms with Crippen LogP contribution in [0.2, 0.25) is 0 Å². The van der Waals surface area contributed by atoms with Gasteiger partial charge in [-0.1, -0.05) is 6.07 Å². The van der Waals surface area contributed by atoms with Gasteiger partial charge in [-0.25, -0.2) is 4.99 Å². The monoisotopic (exact) mass is 317 g/mol. The predicted octanol–water partition coefficient (Wildman–Crippen LogP) is 2.84. The van der Waals surface area contributed by atoms with E-state index < -0.39 is 23.6 Å². The van der Waals surface area contributed by atoms with Gasteiger partial charge in [-0.2, -0.15) is 13.2 Å². The predicted molar refractivity (Wildman–Crippen MR) is 71.5 cm³/mol. The molecule has 1 unspecified atom stereocenters. The Morgan fingerprint density at radius 3 is 2.76 bits per heavy atom. The third-order valence-electron chi connectivity index (χ3n) is 2.78. The van der Waals surface area contributed by atoms with Crippen molar-refractivity contribution in [2.45, 2.75) is 6.18 Å². The first-order valence-electron chi connectivity index (χ1n) is 5.82. The molecule has 1 aromatic carbocycles. The highest BCUT2D eigenvalue weighted by atomic mass is 32.2. The number of hydrogen-bond donors (Lipinski definition) is 0. The molecule has 0 N–H and O–H groups in total. The second-order valence-electron chi connectivity index (χ2n) is 4.21. The smallest absolute Gasteiger partial charge is 0.416 e. The minimum atomic E-state index is -4.48. The third-order valence-corrected chi connectivity index (χ3v) is 3.83. The standard InChI is InChI=1S/C13H10F3NO3S/c1-20-12(19)10-9(18)6-21-11(10)17-8-4-2-3-7(5-8)13(14,15)16/h2-5,10H,6H2,1H3. The van der Waals surface area contributed by atoms with Crippen LogP contribution >= 0.6 is 11.8 Å². The zero-order valence-corrected chi connectivity index (χ0v) is 11.6. The molecule has 1 saturated heterocycles. The van der Waals surface area contributed by atoms with E-state index in [1.165, 1.54) is 12.1 Å². The highest BCUT2D eigenvalue weighted by molar-refractivity contribution is 8.15. The lowest BCUT2D eigenvalue weighted by molar-refractivity contribution is -0.145. The summed E-state index contributed by atoms with van der Waals surface area (Å²) in [5.41, 5.74) is -0.802. The van der Waals surface area contributed by atoms with Gasteiger partial charge in [0.05, 0.1) is 29.2 Å². The Balaban J connectivity index is 2.35. The number of nitrogens with zero attached hydrogens (tertiary/aromatic N) is 1. The van der Waals surface area contributed by atoms with Gasteiger partial charge in [0.1, 0.15) is 0 Å². The second-order valence-corrected chi connectivity index (χ2v) is 5.20. The Hall–Kier alpha value is -1.83. The van der Waals surface area contributed by atoms with E-state index in [0.717, 1.165) is 31.0 Å². The maximum Gasteiger partial charge on any atom is 0.416 e. The number of Topliss-reactive ketones (excluding diaryl/α,β-unsaturated/α-hetero) is 1. The molecule has 0 spiro atoms. The van der Waals surface area contributed by atoms with Gasteiger partial charge in [-0.3, -0.25) is 9.59 Å². The van der Waals surface area contributed by atoms with E-state index in [4.69, 9.17) is 0 Å². The topological polar surface area (TPSA) is 55.7 Å². The van der Waals surface area contributed by atoms with Gasteiger partial charge in [0.2, 0.25) is 0 Å². The first kappa shape index (κ1) is 15.6. The van der Waals surface area contributed by atoms with Crippen LogP contribution in [0.5, 0.6) is 0 Å². The molecule has 1 aliphatic rings. The Labute approximate surface area is 122 Å². The molecule has 0 aromatic heterocycles. The molecule has 112 valence electrons. The maximum atomic E-state index is 12.6. The molecule has 4 nitrogen and oxygen atoms in total. The largest absolute Gasteiger partial charge is 0.468 e. The number of carbonyl (C=O) groups is 2. The third kappa shape index (κ3) is 3.44. The first-order valence-corrected chi connectivity index (χ1v) is 6.80. The van der Waals surface area contributed by atoms with Crippen molar-refractivity contribution < 1.29 is 27.5 Å². The van der Waals surface area contributed by atoms with Crippen LogP contribution in [0.25, 0.3) is 0 Å². The molecule has 0 amide bonds. The lowest BCUT2D eigenvalue weighted by Gasteiger charge is -2.08. The summed E-state index contributed by atoms with van der Waals surface area (Å²) in [6.45, 7) is 0. The average Bonchev–Trinajstić information content (AvgIpc) is 2.78. The number of methoxy groups -OCH3 is 1. The van der Waals surface area contributed by atoms with Crippen LogP contribution < -0.4 is 0 Å². The van der Waals surface area contributed by atoms with Crippen molar-refractivity contribution in [1.29, 1.82) is 0 Å². The number of benzene rings is 1. The molecular weight excluding hydrogens is 307 g/mol. The number of esters is 1. The Morgan fingerprint density at radius 1 is 1.43 bits per heavy atom. The molecule has 0 aliphatic carbocycles. The zero-order valence-electron chi connectivity index (χ0n) is 10.8. The Bertz CT molecular complexity index is 613. The summed E-state index contributed by atoms with van der Waals surface area (Å²) in [7, 11) is 1.14. The first-order chi connectivity index (χ1) is 9.82. The summed E-state index contributed by atoms with van der Waals surface area (Å²) in [4.78, 5) is 27.1. The Kier molecular flexibility index (Phi) is 4.36. The quantitative estimate of drug-likeness (QED) is 0.622. The maximum absolute atomic E-state index is 12.6. The van der Waals surface area contributed by atoms with Crippen molar-refractivity contribution in [1.82, 2.24) is 0 Å². The number of rotatable bonds is 2. The Morgan fingerprint density at radius 2 is 2.14 bits per heavy atom. The molecule has 1 heterocycles. The molecule has 21 heavy (non-hydrogen) atoms. The number of carbonyl (C=O) groups excluding carboxylic acids is 2. The lowest BCUT2D eigenvalue weighted by atomic mass is 10.1. The number of hydrogen-bond acceptors (Lipinski definition) is 5. The fourth-order valence-electron chi connectivity index (χ4n) is 1.78. The molecular formula is C13H10F3NO3S. The number of ketones is 1. The minimum Gasteiger partial charge on any atom is -0.468 e. The van der Waals surface area contributed by atoms with Crippen molar-refractivity contribution in [2.24, 2.45) is 10.9 Å². The number of thioether (sulfide) groups is 1.